The highest BCUT2D eigenvalue weighted by Gasteiger charge is 2.51. The van der Waals surface area contributed by atoms with Crippen LogP contribution in [0.4, 0.5) is 9.59 Å². The van der Waals surface area contributed by atoms with E-state index in [0.29, 0.717) is 36.4 Å². The zero-order chi connectivity index (χ0) is 36.3. The third-order valence-corrected chi connectivity index (χ3v) is 9.98. The number of carbonyl (C=O) groups excluding carboxylic acids is 3. The Morgan fingerprint density at radius 3 is 1.96 bits per heavy atom. The van der Waals surface area contributed by atoms with E-state index < -0.39 is 43.1 Å². The van der Waals surface area contributed by atoms with Crippen LogP contribution in [0.2, 0.25) is 0 Å². The molecule has 1 aliphatic heterocycles. The van der Waals surface area contributed by atoms with E-state index in [0.717, 1.165) is 11.1 Å². The van der Waals surface area contributed by atoms with Gasteiger partial charge in [-0.15, -0.1) is 0 Å². The number of amides is 3. The van der Waals surface area contributed by atoms with Gasteiger partial charge in [-0.05, 0) is 81.0 Å². The molecule has 2 atom stereocenters. The third kappa shape index (κ3) is 10.6. The molecule has 268 valence electrons. The van der Waals surface area contributed by atoms with E-state index in [2.05, 4.69) is 10.6 Å². The van der Waals surface area contributed by atoms with Crippen molar-refractivity contribution >= 4 is 25.7 Å². The largest absolute Gasteiger partial charge is 0.457 e. The van der Waals surface area contributed by atoms with Gasteiger partial charge in [0.05, 0.1) is 0 Å². The highest BCUT2D eigenvalue weighted by Crippen LogP contribution is 2.64. The first-order valence-electron chi connectivity index (χ1n) is 16.9. The number of hydrogen-bond donors (Lipinski definition) is 2. The monoisotopic (exact) mass is 713 g/mol. The summed E-state index contributed by atoms with van der Waals surface area (Å²) in [4.78, 5) is 41.4. The molecule has 0 bridgehead atoms. The number of ether oxygens (including phenoxy) is 2. The van der Waals surface area contributed by atoms with Gasteiger partial charge in [0.2, 0.25) is 5.91 Å². The van der Waals surface area contributed by atoms with Crippen molar-refractivity contribution in [2.24, 2.45) is 0 Å². The molecule has 0 saturated heterocycles. The number of para-hydroxylation sites is 2. The van der Waals surface area contributed by atoms with Crippen molar-refractivity contribution < 1.29 is 37.5 Å². The summed E-state index contributed by atoms with van der Waals surface area (Å²) < 4.78 is 38.4. The van der Waals surface area contributed by atoms with E-state index in [-0.39, 0.29) is 19.6 Å². The zero-order valence-electron chi connectivity index (χ0n) is 29.0. The molecule has 0 spiro atoms. The number of alkyl carbamates (subject to hydrolysis) is 2. The molecule has 3 amide bonds. The maximum absolute atomic E-state index is 15.2. The Kier molecular flexibility index (Phi) is 12.4. The average Bonchev–Trinajstić information content (AvgIpc) is 3.51. The second-order valence-electron chi connectivity index (χ2n) is 13.1. The number of benzene rings is 4. The summed E-state index contributed by atoms with van der Waals surface area (Å²) >= 11 is 0. The van der Waals surface area contributed by atoms with Crippen LogP contribution in [0.25, 0.3) is 0 Å². The maximum atomic E-state index is 15.2. The number of fused-ring (bicyclic) bond motifs is 1. The van der Waals surface area contributed by atoms with Crippen LogP contribution in [0.5, 0.6) is 11.5 Å². The van der Waals surface area contributed by atoms with Crippen molar-refractivity contribution in [3.63, 3.8) is 0 Å². The van der Waals surface area contributed by atoms with Gasteiger partial charge in [-0.2, -0.15) is 0 Å². The highest BCUT2D eigenvalue weighted by molar-refractivity contribution is 7.55. The Bertz CT molecular complexity index is 1760. The van der Waals surface area contributed by atoms with Crippen LogP contribution in [0.3, 0.4) is 0 Å². The molecular formula is C39H44N3O8P. The SMILES string of the molecule is CC(C)(C)OC(=O)N[C@@H](CCCCNC(=O)OCc1ccccc1)C(=O)N1Cc2ccccc2C1P(=O)(Oc1ccccc1)Oc1ccccc1. The van der Waals surface area contributed by atoms with Crippen LogP contribution in [-0.2, 0) is 32.0 Å². The Hall–Kier alpha value is -5.28. The van der Waals surface area contributed by atoms with Crippen molar-refractivity contribution in [2.75, 3.05) is 6.54 Å². The Morgan fingerprint density at radius 1 is 0.784 bits per heavy atom. The first-order chi connectivity index (χ1) is 24.5. The van der Waals surface area contributed by atoms with Crippen LogP contribution < -0.4 is 19.7 Å². The van der Waals surface area contributed by atoms with Crippen molar-refractivity contribution in [3.8, 4) is 11.5 Å². The van der Waals surface area contributed by atoms with Gasteiger partial charge in [-0.1, -0.05) is 91.0 Å². The lowest BCUT2D eigenvalue weighted by molar-refractivity contribution is -0.135. The predicted molar refractivity (Wildman–Crippen MR) is 193 cm³/mol. The molecule has 0 aliphatic carbocycles. The van der Waals surface area contributed by atoms with Crippen LogP contribution in [0.1, 0.15) is 62.5 Å². The van der Waals surface area contributed by atoms with Crippen molar-refractivity contribution in [3.05, 3.63) is 132 Å². The topological polar surface area (TPSA) is 133 Å². The van der Waals surface area contributed by atoms with Gasteiger partial charge in [0.15, 0.2) is 5.78 Å². The third-order valence-electron chi connectivity index (χ3n) is 7.89. The summed E-state index contributed by atoms with van der Waals surface area (Å²) in [5.41, 5.74) is 1.46. The number of hydrogen-bond acceptors (Lipinski definition) is 8. The lowest BCUT2D eigenvalue weighted by Gasteiger charge is -2.33. The molecule has 1 aliphatic rings. The second-order valence-corrected chi connectivity index (χ2v) is 15.0. The summed E-state index contributed by atoms with van der Waals surface area (Å²) in [6.07, 6.45) is -0.155. The molecule has 1 unspecified atom stereocenters. The van der Waals surface area contributed by atoms with Gasteiger partial charge in [0.1, 0.15) is 29.7 Å². The fourth-order valence-electron chi connectivity index (χ4n) is 5.63. The van der Waals surface area contributed by atoms with E-state index >= 15 is 4.57 Å². The maximum Gasteiger partial charge on any atom is 0.457 e. The fourth-order valence-corrected chi connectivity index (χ4v) is 7.83. The Labute approximate surface area is 298 Å². The van der Waals surface area contributed by atoms with Crippen LogP contribution in [0.15, 0.2) is 115 Å². The number of nitrogens with zero attached hydrogens (tertiary/aromatic N) is 1. The van der Waals surface area contributed by atoms with Crippen LogP contribution in [0, 0.1) is 0 Å². The number of unbranched alkanes of at least 4 members (excludes halogenated alkanes) is 1. The highest BCUT2D eigenvalue weighted by atomic mass is 31.2. The second kappa shape index (κ2) is 17.1. The minimum absolute atomic E-state index is 0.112. The summed E-state index contributed by atoms with van der Waals surface area (Å²) in [5.74, 6) is -0.991. The van der Waals surface area contributed by atoms with Gasteiger partial charge >= 0.3 is 19.8 Å². The first-order valence-corrected chi connectivity index (χ1v) is 18.5. The van der Waals surface area contributed by atoms with Crippen molar-refractivity contribution in [1.29, 1.82) is 0 Å². The molecule has 4 aromatic carbocycles. The van der Waals surface area contributed by atoms with Gasteiger partial charge in [0.25, 0.3) is 0 Å². The van der Waals surface area contributed by atoms with Crippen LogP contribution >= 0.6 is 7.60 Å². The fraction of sp³-hybridized carbons (Fsp3) is 0.308. The number of nitrogens with one attached hydrogen (secondary N) is 2. The van der Waals surface area contributed by atoms with E-state index in [1.807, 2.05) is 66.7 Å². The number of rotatable bonds is 14. The van der Waals surface area contributed by atoms with Gasteiger partial charge in [-0.3, -0.25) is 4.79 Å². The Morgan fingerprint density at radius 2 is 1.35 bits per heavy atom. The van der Waals surface area contributed by atoms with Gasteiger partial charge in [0, 0.05) is 13.1 Å². The predicted octanol–water partition coefficient (Wildman–Crippen LogP) is 8.37. The van der Waals surface area contributed by atoms with E-state index in [1.54, 1.807) is 69.3 Å². The molecule has 0 aromatic heterocycles. The summed E-state index contributed by atoms with van der Waals surface area (Å²) in [7, 11) is -4.24. The van der Waals surface area contributed by atoms with Gasteiger partial charge in [-0.25, -0.2) is 14.2 Å². The van der Waals surface area contributed by atoms with E-state index in [9.17, 15) is 14.4 Å². The standard InChI is InChI=1S/C39H44N3O8P/c1-39(2,3)48-38(45)41-34(25-15-16-26-40-37(44)47-28-29-17-7-4-8-18-29)35(43)42-27-30-19-13-14-24-33(30)36(42)51(46,49-31-20-9-5-10-21-31)50-32-22-11-6-12-23-32/h4-14,17-24,34,36H,15-16,25-28H2,1-3H3,(H,40,44)(H,41,45)/t34-,36?/m0/s1. The minimum Gasteiger partial charge on any atom is -0.445 e. The Balaban J connectivity index is 1.35. The quantitative estimate of drug-likeness (QED) is 0.0984. The van der Waals surface area contributed by atoms with Crippen molar-refractivity contribution in [2.45, 2.75) is 70.6 Å². The molecule has 0 saturated carbocycles. The first kappa shape index (κ1) is 37.0. The molecule has 0 radical (unpaired) electrons. The summed E-state index contributed by atoms with van der Waals surface area (Å²) in [6.45, 7) is 5.75. The lowest BCUT2D eigenvalue weighted by atomic mass is 10.1. The molecule has 4 aromatic rings. The van der Waals surface area contributed by atoms with Gasteiger partial charge < -0.3 is 34.1 Å². The molecule has 0 fully saturated rings. The smallest absolute Gasteiger partial charge is 0.445 e. The molecule has 51 heavy (non-hydrogen) atoms. The molecule has 11 nitrogen and oxygen atoms in total. The summed E-state index contributed by atoms with van der Waals surface area (Å²) in [6, 6.07) is 33.0. The molecular weight excluding hydrogens is 669 g/mol. The van der Waals surface area contributed by atoms with E-state index in [1.165, 1.54) is 4.90 Å². The normalized spacial score (nSPS) is 14.5. The van der Waals surface area contributed by atoms with E-state index in [4.69, 9.17) is 18.5 Å². The molecule has 5 rings (SSSR count). The summed E-state index contributed by atoms with van der Waals surface area (Å²) in [5, 5.41) is 5.48. The van der Waals surface area contributed by atoms with Crippen LogP contribution in [-0.4, -0.2) is 41.2 Å². The lowest BCUT2D eigenvalue weighted by Crippen LogP contribution is -2.49. The van der Waals surface area contributed by atoms with Crippen molar-refractivity contribution in [1.82, 2.24) is 15.5 Å². The average molecular weight is 714 g/mol. The molecule has 12 heteroatoms. The number of carbonyl (C=O) groups is 3. The molecule has 2 N–H and O–H groups in total. The minimum atomic E-state index is -4.24. The molecule has 1 heterocycles. The zero-order valence-corrected chi connectivity index (χ0v) is 29.9.